The molecule has 7 heteroatoms. The number of aromatic nitrogens is 4. The molecule has 1 aliphatic heterocycles. The number of imidazole rings is 1. The Hall–Kier alpha value is -3.29. The summed E-state index contributed by atoms with van der Waals surface area (Å²) in [4.78, 5) is 15.4. The first-order chi connectivity index (χ1) is 15.2. The Morgan fingerprint density at radius 1 is 1.06 bits per heavy atom. The van der Waals surface area contributed by atoms with Gasteiger partial charge in [0.1, 0.15) is 12.1 Å². The molecule has 1 unspecified atom stereocenters. The maximum Gasteiger partial charge on any atom is 0.130 e. The molecule has 2 aromatic heterocycles. The minimum absolute atomic E-state index is 0.440. The maximum absolute atomic E-state index is 10.6. The fourth-order valence-electron chi connectivity index (χ4n) is 4.19. The van der Waals surface area contributed by atoms with Gasteiger partial charge >= 0.3 is 0 Å². The number of hydrogen-bond acceptors (Lipinski definition) is 6. The highest BCUT2D eigenvalue weighted by atomic mass is 16.3. The van der Waals surface area contributed by atoms with E-state index in [1.54, 1.807) is 6.33 Å². The van der Waals surface area contributed by atoms with Crippen molar-refractivity contribution in [2.45, 2.75) is 19.1 Å². The second-order valence-corrected chi connectivity index (χ2v) is 8.14. The van der Waals surface area contributed by atoms with Crippen LogP contribution in [0.15, 0.2) is 61.2 Å². The van der Waals surface area contributed by atoms with Crippen LogP contribution in [0.3, 0.4) is 0 Å². The van der Waals surface area contributed by atoms with E-state index in [4.69, 9.17) is 0 Å². The fraction of sp³-hybridized carbons (Fsp3) is 0.292. The number of aryl methyl sites for hydroxylation is 1. The van der Waals surface area contributed by atoms with Crippen LogP contribution in [0, 0.1) is 0 Å². The van der Waals surface area contributed by atoms with Gasteiger partial charge in [-0.25, -0.2) is 15.0 Å². The van der Waals surface area contributed by atoms with E-state index in [0.29, 0.717) is 18.9 Å². The summed E-state index contributed by atoms with van der Waals surface area (Å²) in [6.07, 6.45) is 3.92. The summed E-state index contributed by atoms with van der Waals surface area (Å²) in [6, 6.07) is 16.6. The summed E-state index contributed by atoms with van der Waals surface area (Å²) in [6.45, 7) is 2.94. The largest absolute Gasteiger partial charge is 0.390 e. The van der Waals surface area contributed by atoms with Crippen molar-refractivity contribution in [3.8, 4) is 11.3 Å². The van der Waals surface area contributed by atoms with Gasteiger partial charge in [-0.15, -0.1) is 0 Å². The third-order valence-electron chi connectivity index (χ3n) is 5.89. The maximum atomic E-state index is 10.6. The number of nitrogens with zero attached hydrogens (tertiary/aromatic N) is 5. The molecular weight excluding hydrogens is 388 g/mol. The van der Waals surface area contributed by atoms with Crippen LogP contribution in [0.2, 0.25) is 0 Å². The standard InChI is InChI=1S/C24H26N6O/c1-29-16-28-21-7-6-18(10-23(21)29)22-11-24(27-15-26-22)25-12-20(31)14-30-9-8-17-4-2-3-5-19(17)13-30/h2-7,10-11,15-16,20,31H,8-9,12-14H2,1H3,(H,25,26,27). The van der Waals surface area contributed by atoms with Crippen LogP contribution in [0.25, 0.3) is 22.3 Å². The summed E-state index contributed by atoms with van der Waals surface area (Å²) in [7, 11) is 1.98. The van der Waals surface area contributed by atoms with Crippen molar-refractivity contribution in [2.75, 3.05) is 25.0 Å². The Bertz CT molecular complexity index is 1200. The van der Waals surface area contributed by atoms with Crippen LogP contribution in [0.4, 0.5) is 5.82 Å². The summed E-state index contributed by atoms with van der Waals surface area (Å²) in [5.41, 5.74) is 6.65. The van der Waals surface area contributed by atoms with E-state index < -0.39 is 6.10 Å². The zero-order valence-corrected chi connectivity index (χ0v) is 17.6. The zero-order valence-electron chi connectivity index (χ0n) is 17.6. The molecule has 0 spiro atoms. The van der Waals surface area contributed by atoms with E-state index in [2.05, 4.69) is 55.5 Å². The van der Waals surface area contributed by atoms with E-state index in [1.807, 2.05) is 36.1 Å². The van der Waals surface area contributed by atoms with Crippen molar-refractivity contribution >= 4 is 16.9 Å². The van der Waals surface area contributed by atoms with Gasteiger partial charge in [0.2, 0.25) is 0 Å². The molecule has 158 valence electrons. The highest BCUT2D eigenvalue weighted by Gasteiger charge is 2.18. The van der Waals surface area contributed by atoms with Crippen LogP contribution in [-0.4, -0.2) is 55.3 Å². The van der Waals surface area contributed by atoms with Crippen LogP contribution >= 0.6 is 0 Å². The van der Waals surface area contributed by atoms with Gasteiger partial charge in [-0.1, -0.05) is 30.3 Å². The molecule has 0 amide bonds. The molecule has 0 saturated carbocycles. The minimum atomic E-state index is -0.477. The average Bonchev–Trinajstić information content (AvgIpc) is 3.18. The van der Waals surface area contributed by atoms with Crippen molar-refractivity contribution < 1.29 is 5.11 Å². The minimum Gasteiger partial charge on any atom is -0.390 e. The number of rotatable bonds is 6. The monoisotopic (exact) mass is 414 g/mol. The highest BCUT2D eigenvalue weighted by molar-refractivity contribution is 5.81. The van der Waals surface area contributed by atoms with Gasteiger partial charge in [-0.2, -0.15) is 0 Å². The average molecular weight is 415 g/mol. The third-order valence-corrected chi connectivity index (χ3v) is 5.89. The fourth-order valence-corrected chi connectivity index (χ4v) is 4.19. The molecule has 1 aliphatic rings. The third kappa shape index (κ3) is 4.28. The van der Waals surface area contributed by atoms with Gasteiger partial charge in [-0.3, -0.25) is 4.90 Å². The van der Waals surface area contributed by atoms with E-state index in [-0.39, 0.29) is 0 Å². The van der Waals surface area contributed by atoms with Crippen molar-refractivity contribution in [3.05, 3.63) is 72.3 Å². The summed E-state index contributed by atoms with van der Waals surface area (Å²) >= 11 is 0. The molecule has 2 aromatic carbocycles. The Morgan fingerprint density at radius 3 is 2.84 bits per heavy atom. The Morgan fingerprint density at radius 2 is 1.94 bits per heavy atom. The van der Waals surface area contributed by atoms with Gasteiger partial charge in [0.05, 0.1) is 29.2 Å². The van der Waals surface area contributed by atoms with Crippen LogP contribution in [0.5, 0.6) is 0 Å². The SMILES string of the molecule is Cn1cnc2ccc(-c3cc(NCC(O)CN4CCc5ccccc5C4)ncn3)cc21. The topological polar surface area (TPSA) is 79.1 Å². The first-order valence-electron chi connectivity index (χ1n) is 10.6. The van der Waals surface area contributed by atoms with E-state index in [9.17, 15) is 5.11 Å². The molecule has 1 atom stereocenters. The normalized spacial score (nSPS) is 15.0. The van der Waals surface area contributed by atoms with Crippen molar-refractivity contribution in [1.29, 1.82) is 0 Å². The molecule has 4 aromatic rings. The van der Waals surface area contributed by atoms with Crippen LogP contribution in [-0.2, 0) is 20.0 Å². The number of nitrogens with one attached hydrogen (secondary N) is 1. The molecule has 31 heavy (non-hydrogen) atoms. The number of hydrogen-bond donors (Lipinski definition) is 2. The molecule has 2 N–H and O–H groups in total. The predicted octanol–water partition coefficient (Wildman–Crippen LogP) is 2.86. The van der Waals surface area contributed by atoms with Crippen LogP contribution in [0.1, 0.15) is 11.1 Å². The van der Waals surface area contributed by atoms with Gasteiger partial charge in [0.15, 0.2) is 0 Å². The molecule has 0 aliphatic carbocycles. The molecule has 0 fully saturated rings. The van der Waals surface area contributed by atoms with Crippen molar-refractivity contribution in [3.63, 3.8) is 0 Å². The number of fused-ring (bicyclic) bond motifs is 2. The Balaban J connectivity index is 1.21. The van der Waals surface area contributed by atoms with Crippen LogP contribution < -0.4 is 5.32 Å². The first kappa shape index (κ1) is 19.7. The Labute approximate surface area is 181 Å². The molecule has 5 rings (SSSR count). The van der Waals surface area contributed by atoms with Gasteiger partial charge in [-0.05, 0) is 29.7 Å². The number of benzene rings is 2. The van der Waals surface area contributed by atoms with Gasteiger partial charge in [0, 0.05) is 44.9 Å². The Kier molecular flexibility index (Phi) is 5.36. The highest BCUT2D eigenvalue weighted by Crippen LogP contribution is 2.23. The molecule has 0 radical (unpaired) electrons. The lowest BCUT2D eigenvalue weighted by atomic mass is 10.00. The quantitative estimate of drug-likeness (QED) is 0.505. The molecule has 0 saturated heterocycles. The number of anilines is 1. The molecule has 7 nitrogen and oxygen atoms in total. The summed E-state index contributed by atoms with van der Waals surface area (Å²) < 4.78 is 1.99. The van der Waals surface area contributed by atoms with E-state index >= 15 is 0 Å². The second-order valence-electron chi connectivity index (χ2n) is 8.14. The van der Waals surface area contributed by atoms with E-state index in [1.165, 1.54) is 11.1 Å². The zero-order chi connectivity index (χ0) is 21.2. The lowest BCUT2D eigenvalue weighted by Crippen LogP contribution is -2.39. The first-order valence-corrected chi connectivity index (χ1v) is 10.6. The lowest BCUT2D eigenvalue weighted by molar-refractivity contribution is 0.114. The van der Waals surface area contributed by atoms with Gasteiger partial charge < -0.3 is 15.0 Å². The molecule has 0 bridgehead atoms. The van der Waals surface area contributed by atoms with E-state index in [0.717, 1.165) is 41.8 Å². The smallest absolute Gasteiger partial charge is 0.130 e. The molecular formula is C24H26N6O. The summed E-state index contributed by atoms with van der Waals surface area (Å²) in [5.74, 6) is 0.707. The number of aliphatic hydroxyl groups excluding tert-OH is 1. The second kappa shape index (κ2) is 8.45. The van der Waals surface area contributed by atoms with Gasteiger partial charge in [0.25, 0.3) is 0 Å². The predicted molar refractivity (Wildman–Crippen MR) is 122 cm³/mol. The van der Waals surface area contributed by atoms with Crippen molar-refractivity contribution in [1.82, 2.24) is 24.4 Å². The summed E-state index contributed by atoms with van der Waals surface area (Å²) in [5, 5.41) is 13.8. The lowest BCUT2D eigenvalue weighted by Gasteiger charge is -2.30. The van der Waals surface area contributed by atoms with Crippen molar-refractivity contribution in [2.24, 2.45) is 7.05 Å². The number of β-amino-alcohol motifs (C(OH)–C–C–N with tert-alkyl or cyclic N) is 1. The molecule has 3 heterocycles. The number of aliphatic hydroxyl groups is 1.